The number of carbonyl (C=O) groups excluding carboxylic acids is 4. The summed E-state index contributed by atoms with van der Waals surface area (Å²) in [4.78, 5) is 45.9. The number of primary amides is 1. The molecule has 0 heterocycles. The van der Waals surface area contributed by atoms with E-state index in [-0.39, 0.29) is 23.4 Å². The second kappa shape index (κ2) is 12.8. The van der Waals surface area contributed by atoms with Crippen LogP contribution in [0.4, 0.5) is 5.69 Å². The molecule has 1 aromatic carbocycles. The fourth-order valence-electron chi connectivity index (χ4n) is 2.98. The van der Waals surface area contributed by atoms with Gasteiger partial charge >= 0.3 is 0 Å². The molecule has 6 nitrogen and oxygen atoms in total. The fourth-order valence-corrected chi connectivity index (χ4v) is 2.98. The topological polar surface area (TPSA) is 106 Å². The normalized spacial score (nSPS) is 10.5. The van der Waals surface area contributed by atoms with Gasteiger partial charge < -0.3 is 11.1 Å². The quantitative estimate of drug-likeness (QED) is 0.363. The van der Waals surface area contributed by atoms with Gasteiger partial charge in [-0.05, 0) is 44.9 Å². The number of carbonyl (C=O) groups is 4. The van der Waals surface area contributed by atoms with Gasteiger partial charge in [-0.3, -0.25) is 19.2 Å². The van der Waals surface area contributed by atoms with E-state index in [2.05, 4.69) is 5.32 Å². The molecule has 154 valence electrons. The molecule has 1 aromatic rings. The lowest BCUT2D eigenvalue weighted by Crippen LogP contribution is -2.12. The summed E-state index contributed by atoms with van der Waals surface area (Å²) in [5, 5.41) is 2.79. The second-order valence-electron chi connectivity index (χ2n) is 7.25. The molecule has 28 heavy (non-hydrogen) atoms. The van der Waals surface area contributed by atoms with Crippen LogP contribution in [-0.2, 0) is 9.59 Å². The van der Waals surface area contributed by atoms with Crippen molar-refractivity contribution in [3.63, 3.8) is 0 Å². The van der Waals surface area contributed by atoms with E-state index in [1.807, 2.05) is 0 Å². The predicted molar refractivity (Wildman–Crippen MR) is 110 cm³/mol. The maximum Gasteiger partial charge on any atom is 0.224 e. The Kier molecular flexibility index (Phi) is 10.8. The van der Waals surface area contributed by atoms with Crippen molar-refractivity contribution < 1.29 is 19.2 Å². The average molecular weight is 389 g/mol. The Morgan fingerprint density at radius 2 is 1.14 bits per heavy atom. The number of hydrogen-bond acceptors (Lipinski definition) is 4. The van der Waals surface area contributed by atoms with E-state index < -0.39 is 0 Å². The van der Waals surface area contributed by atoms with E-state index in [0.717, 1.165) is 51.4 Å². The summed E-state index contributed by atoms with van der Waals surface area (Å²) < 4.78 is 0. The van der Waals surface area contributed by atoms with Crippen molar-refractivity contribution >= 4 is 29.1 Å². The molecule has 0 saturated carbocycles. The fraction of sp³-hybridized carbons (Fsp3) is 0.545. The van der Waals surface area contributed by atoms with Gasteiger partial charge in [-0.25, -0.2) is 0 Å². The third kappa shape index (κ3) is 10.00. The number of nitrogens with one attached hydrogen (secondary N) is 1. The highest BCUT2D eigenvalue weighted by Gasteiger charge is 2.10. The molecule has 0 unspecified atom stereocenters. The summed E-state index contributed by atoms with van der Waals surface area (Å²) >= 11 is 0. The summed E-state index contributed by atoms with van der Waals surface area (Å²) in [5.74, 6) is -0.632. The molecule has 0 bridgehead atoms. The maximum absolute atomic E-state index is 12.1. The number of anilines is 1. The van der Waals surface area contributed by atoms with Crippen LogP contribution in [0.5, 0.6) is 0 Å². The molecule has 0 aromatic heterocycles. The minimum absolute atomic E-state index is 0.110. The zero-order valence-corrected chi connectivity index (χ0v) is 17.0. The van der Waals surface area contributed by atoms with Gasteiger partial charge in [0.15, 0.2) is 11.6 Å². The van der Waals surface area contributed by atoms with Crippen molar-refractivity contribution in [3.05, 3.63) is 29.3 Å². The van der Waals surface area contributed by atoms with Crippen LogP contribution in [0, 0.1) is 0 Å². The van der Waals surface area contributed by atoms with E-state index in [1.165, 1.54) is 13.8 Å². The van der Waals surface area contributed by atoms with Crippen molar-refractivity contribution in [3.8, 4) is 0 Å². The molecular formula is C22H32N2O4. The lowest BCUT2D eigenvalue weighted by molar-refractivity contribution is -0.118. The molecule has 0 fully saturated rings. The van der Waals surface area contributed by atoms with Crippen molar-refractivity contribution in [2.45, 2.75) is 78.1 Å². The predicted octanol–water partition coefficient (Wildman–Crippen LogP) is 4.42. The molecule has 0 spiro atoms. The zero-order chi connectivity index (χ0) is 20.9. The minimum Gasteiger partial charge on any atom is -0.370 e. The smallest absolute Gasteiger partial charge is 0.224 e. The van der Waals surface area contributed by atoms with Crippen molar-refractivity contribution in [1.29, 1.82) is 0 Å². The Labute approximate surface area is 167 Å². The van der Waals surface area contributed by atoms with Gasteiger partial charge in [-0.15, -0.1) is 0 Å². The van der Waals surface area contributed by atoms with Gasteiger partial charge in [0.1, 0.15) is 0 Å². The molecule has 3 N–H and O–H groups in total. The number of unbranched alkanes of at least 4 members (excludes halogenated alkanes) is 7. The van der Waals surface area contributed by atoms with Crippen molar-refractivity contribution in [2.24, 2.45) is 5.73 Å². The summed E-state index contributed by atoms with van der Waals surface area (Å²) in [6.07, 6.45) is 9.03. The first kappa shape index (κ1) is 23.5. The van der Waals surface area contributed by atoms with Gasteiger partial charge in [0.25, 0.3) is 0 Å². The van der Waals surface area contributed by atoms with E-state index in [4.69, 9.17) is 5.73 Å². The Morgan fingerprint density at radius 3 is 1.57 bits per heavy atom. The molecule has 0 aliphatic heterocycles. The molecule has 0 radical (unpaired) electrons. The average Bonchev–Trinajstić information content (AvgIpc) is 2.62. The summed E-state index contributed by atoms with van der Waals surface area (Å²) in [5.41, 5.74) is 6.42. The standard InChI is InChI=1S/C22H32N2O4/c1-16(25)18-13-19(17(2)26)15-20(14-18)24-22(28)12-10-8-6-4-3-5-7-9-11-21(23)27/h13-15H,3-12H2,1-2H3,(H2,23,27)(H,24,28). The van der Waals surface area contributed by atoms with Crippen LogP contribution >= 0.6 is 0 Å². The van der Waals surface area contributed by atoms with Gasteiger partial charge in [0.2, 0.25) is 11.8 Å². The van der Waals surface area contributed by atoms with Crippen LogP contribution in [0.3, 0.4) is 0 Å². The number of rotatable bonds is 14. The van der Waals surface area contributed by atoms with E-state index in [1.54, 1.807) is 18.2 Å². The van der Waals surface area contributed by atoms with Gasteiger partial charge in [0, 0.05) is 29.7 Å². The Bertz CT molecular complexity index is 666. The number of amides is 2. The van der Waals surface area contributed by atoms with Crippen molar-refractivity contribution in [2.75, 3.05) is 5.32 Å². The summed E-state index contributed by atoms with van der Waals surface area (Å²) in [6, 6.07) is 4.75. The van der Waals surface area contributed by atoms with Crippen LogP contribution in [0.15, 0.2) is 18.2 Å². The number of hydrogen-bond donors (Lipinski definition) is 2. The highest BCUT2D eigenvalue weighted by atomic mass is 16.2. The molecule has 1 rings (SSSR count). The monoisotopic (exact) mass is 388 g/mol. The first-order chi connectivity index (χ1) is 13.3. The summed E-state index contributed by atoms with van der Waals surface area (Å²) in [7, 11) is 0. The third-order valence-corrected chi connectivity index (χ3v) is 4.61. The largest absolute Gasteiger partial charge is 0.370 e. The van der Waals surface area contributed by atoms with Gasteiger partial charge in [-0.1, -0.05) is 38.5 Å². The van der Waals surface area contributed by atoms with E-state index in [0.29, 0.717) is 29.7 Å². The van der Waals surface area contributed by atoms with E-state index in [9.17, 15) is 19.2 Å². The Balaban J connectivity index is 2.26. The highest BCUT2D eigenvalue weighted by Crippen LogP contribution is 2.17. The third-order valence-electron chi connectivity index (χ3n) is 4.61. The lowest BCUT2D eigenvalue weighted by atomic mass is 10.0. The first-order valence-electron chi connectivity index (χ1n) is 10.0. The molecule has 0 aliphatic rings. The summed E-state index contributed by atoms with van der Waals surface area (Å²) in [6.45, 7) is 2.87. The van der Waals surface area contributed by atoms with Gasteiger partial charge in [-0.2, -0.15) is 0 Å². The first-order valence-corrected chi connectivity index (χ1v) is 10.0. The number of benzene rings is 1. The number of nitrogens with two attached hydrogens (primary N) is 1. The Morgan fingerprint density at radius 1 is 0.714 bits per heavy atom. The zero-order valence-electron chi connectivity index (χ0n) is 17.0. The molecule has 2 amide bonds. The Hall–Kier alpha value is -2.50. The lowest BCUT2D eigenvalue weighted by Gasteiger charge is -2.09. The SMILES string of the molecule is CC(=O)c1cc(NC(=O)CCCCCCCCCCC(N)=O)cc(C(C)=O)c1. The van der Waals surface area contributed by atoms with Crippen LogP contribution in [0.2, 0.25) is 0 Å². The molecular weight excluding hydrogens is 356 g/mol. The number of ketones is 2. The second-order valence-corrected chi connectivity index (χ2v) is 7.25. The van der Waals surface area contributed by atoms with Crippen LogP contribution in [-0.4, -0.2) is 23.4 Å². The molecule has 0 aliphatic carbocycles. The highest BCUT2D eigenvalue weighted by molar-refractivity contribution is 6.02. The van der Waals surface area contributed by atoms with E-state index >= 15 is 0 Å². The van der Waals surface area contributed by atoms with Crippen LogP contribution in [0.1, 0.15) is 98.8 Å². The molecule has 0 saturated heterocycles. The molecule has 0 atom stereocenters. The maximum atomic E-state index is 12.1. The van der Waals surface area contributed by atoms with Crippen LogP contribution in [0.25, 0.3) is 0 Å². The minimum atomic E-state index is -0.233. The van der Waals surface area contributed by atoms with Gasteiger partial charge in [0.05, 0.1) is 0 Å². The molecule has 6 heteroatoms. The van der Waals surface area contributed by atoms with Crippen molar-refractivity contribution in [1.82, 2.24) is 0 Å². The van der Waals surface area contributed by atoms with Crippen LogP contribution < -0.4 is 11.1 Å². The number of Topliss-reactive ketones (excluding diaryl/α,β-unsaturated/α-hetero) is 2.